The minimum Gasteiger partial charge on any atom is -0.370 e. The van der Waals surface area contributed by atoms with Crippen LogP contribution in [-0.2, 0) is 13.3 Å². The van der Waals surface area contributed by atoms with Gasteiger partial charge in [-0.3, -0.25) is 0 Å². The van der Waals surface area contributed by atoms with Crippen LogP contribution in [0.1, 0.15) is 13.8 Å². The lowest BCUT2D eigenvalue weighted by molar-refractivity contribution is 0.0842. The van der Waals surface area contributed by atoms with Crippen LogP contribution in [0.15, 0.2) is 42.5 Å². The summed E-state index contributed by atoms with van der Waals surface area (Å²) in [6.07, 6.45) is 0. The van der Waals surface area contributed by atoms with Gasteiger partial charge in [-0.15, -0.1) is 0 Å². The Kier molecular flexibility index (Phi) is 5.90. The summed E-state index contributed by atoms with van der Waals surface area (Å²) in [6.45, 7) is 5.87. The van der Waals surface area contributed by atoms with Crippen LogP contribution in [0.25, 0.3) is 10.8 Å². The molecule has 0 aliphatic carbocycles. The Balaban J connectivity index is 2.55. The molecule has 0 spiro atoms. The van der Waals surface area contributed by atoms with Gasteiger partial charge in [-0.25, -0.2) is 0 Å². The molecule has 5 heteroatoms. The van der Waals surface area contributed by atoms with Crippen LogP contribution in [0.3, 0.4) is 0 Å². The second kappa shape index (κ2) is 7.68. The van der Waals surface area contributed by atoms with Gasteiger partial charge in [0, 0.05) is 24.9 Å². The molecule has 21 heavy (non-hydrogen) atoms. The minimum absolute atomic E-state index is 0.426. The molecule has 0 atom stereocenters. The Bertz CT molecular complexity index is 565. The van der Waals surface area contributed by atoms with Gasteiger partial charge in [0.15, 0.2) is 0 Å². The summed E-state index contributed by atoms with van der Waals surface area (Å²) in [4.78, 5) is 0. The third-order valence-electron chi connectivity index (χ3n) is 3.20. The number of rotatable bonds is 8. The van der Waals surface area contributed by atoms with E-state index in [9.17, 15) is 0 Å². The van der Waals surface area contributed by atoms with Crippen LogP contribution in [-0.4, -0.2) is 35.2 Å². The first-order valence-corrected chi connectivity index (χ1v) is 9.10. The molecule has 4 nitrogen and oxygen atoms in total. The van der Waals surface area contributed by atoms with Crippen molar-refractivity contribution in [2.45, 2.75) is 13.8 Å². The molecule has 2 rings (SSSR count). The first kappa shape index (κ1) is 16.1. The number of benzene rings is 2. The predicted octanol–water partition coefficient (Wildman–Crippen LogP) is 2.03. The maximum absolute atomic E-state index is 6.02. The number of nitrogens with two attached hydrogens (primary N) is 1. The maximum atomic E-state index is 6.02. The average Bonchev–Trinajstić information content (AvgIpc) is 2.52. The maximum Gasteiger partial charge on any atom is 0.537 e. The summed E-state index contributed by atoms with van der Waals surface area (Å²) < 4.78 is 18.0. The molecule has 0 heterocycles. The van der Waals surface area contributed by atoms with Crippen molar-refractivity contribution >= 4 is 24.8 Å². The van der Waals surface area contributed by atoms with Crippen molar-refractivity contribution in [3.8, 4) is 0 Å². The van der Waals surface area contributed by atoms with Crippen molar-refractivity contribution in [3.63, 3.8) is 0 Å². The highest BCUT2D eigenvalue weighted by atomic mass is 28.4. The third kappa shape index (κ3) is 3.51. The summed E-state index contributed by atoms with van der Waals surface area (Å²) in [5.41, 5.74) is 5.60. The van der Waals surface area contributed by atoms with Gasteiger partial charge in [0.25, 0.3) is 0 Å². The van der Waals surface area contributed by atoms with Gasteiger partial charge in [-0.1, -0.05) is 42.5 Å². The zero-order valence-corrected chi connectivity index (χ0v) is 13.7. The molecule has 0 saturated carbocycles. The largest absolute Gasteiger partial charge is 0.537 e. The van der Waals surface area contributed by atoms with Gasteiger partial charge in [0.05, 0.1) is 6.61 Å². The standard InChI is InChI=1S/C16H23NO3Si/c1-3-18-21(19-4-2,20-13-12-17)16-11-7-9-14-8-5-6-10-15(14)16/h5-11H,3-4,12-13,17H2,1-2H3. The summed E-state index contributed by atoms with van der Waals surface area (Å²) in [5.74, 6) is 0. The molecule has 0 saturated heterocycles. The molecule has 2 aromatic carbocycles. The summed E-state index contributed by atoms with van der Waals surface area (Å²) in [5, 5.41) is 3.28. The van der Waals surface area contributed by atoms with Crippen molar-refractivity contribution in [1.29, 1.82) is 0 Å². The van der Waals surface area contributed by atoms with E-state index in [-0.39, 0.29) is 0 Å². The van der Waals surface area contributed by atoms with E-state index in [0.29, 0.717) is 26.4 Å². The van der Waals surface area contributed by atoms with E-state index in [1.165, 1.54) is 0 Å². The summed E-state index contributed by atoms with van der Waals surface area (Å²) in [7, 11) is -2.94. The highest BCUT2D eigenvalue weighted by Crippen LogP contribution is 2.18. The summed E-state index contributed by atoms with van der Waals surface area (Å²) >= 11 is 0. The van der Waals surface area contributed by atoms with E-state index in [1.54, 1.807) is 0 Å². The second-order valence-electron chi connectivity index (χ2n) is 4.59. The molecule has 0 radical (unpaired) electrons. The van der Waals surface area contributed by atoms with E-state index in [1.807, 2.05) is 38.1 Å². The summed E-state index contributed by atoms with van der Waals surface area (Å²) in [6, 6.07) is 14.3. The van der Waals surface area contributed by atoms with E-state index in [0.717, 1.165) is 16.0 Å². The van der Waals surface area contributed by atoms with E-state index in [4.69, 9.17) is 19.0 Å². The molecular weight excluding hydrogens is 282 g/mol. The Hall–Kier alpha value is -1.24. The lowest BCUT2D eigenvalue weighted by Crippen LogP contribution is -2.57. The molecule has 0 aliphatic rings. The molecule has 0 unspecified atom stereocenters. The fourth-order valence-electron chi connectivity index (χ4n) is 2.42. The Labute approximate surface area is 127 Å². The average molecular weight is 305 g/mol. The topological polar surface area (TPSA) is 53.7 Å². The highest BCUT2D eigenvalue weighted by Gasteiger charge is 2.44. The third-order valence-corrected chi connectivity index (χ3v) is 6.22. The van der Waals surface area contributed by atoms with Gasteiger partial charge in [-0.2, -0.15) is 0 Å². The molecule has 0 aliphatic heterocycles. The molecule has 0 amide bonds. The zero-order valence-electron chi connectivity index (χ0n) is 12.7. The molecule has 0 aromatic heterocycles. The molecule has 0 bridgehead atoms. The van der Waals surface area contributed by atoms with Crippen LogP contribution < -0.4 is 10.9 Å². The lowest BCUT2D eigenvalue weighted by Gasteiger charge is -2.29. The van der Waals surface area contributed by atoms with Gasteiger partial charge >= 0.3 is 8.80 Å². The van der Waals surface area contributed by atoms with Gasteiger partial charge in [0.2, 0.25) is 0 Å². The fraction of sp³-hybridized carbons (Fsp3) is 0.375. The van der Waals surface area contributed by atoms with Crippen LogP contribution in [0.4, 0.5) is 0 Å². The van der Waals surface area contributed by atoms with Crippen molar-refractivity contribution in [1.82, 2.24) is 0 Å². The van der Waals surface area contributed by atoms with Gasteiger partial charge in [0.1, 0.15) is 0 Å². The van der Waals surface area contributed by atoms with Crippen molar-refractivity contribution < 1.29 is 13.3 Å². The van der Waals surface area contributed by atoms with Crippen molar-refractivity contribution in [2.75, 3.05) is 26.4 Å². The van der Waals surface area contributed by atoms with Crippen molar-refractivity contribution in [2.24, 2.45) is 5.73 Å². The SMILES string of the molecule is CCO[Si](OCC)(OCCN)c1cccc2ccccc12. The molecular formula is C16H23NO3Si. The lowest BCUT2D eigenvalue weighted by atomic mass is 10.1. The van der Waals surface area contributed by atoms with Crippen molar-refractivity contribution in [3.05, 3.63) is 42.5 Å². The highest BCUT2D eigenvalue weighted by molar-refractivity contribution is 6.77. The van der Waals surface area contributed by atoms with Gasteiger partial charge in [-0.05, 0) is 24.6 Å². The van der Waals surface area contributed by atoms with Crippen LogP contribution in [0.5, 0.6) is 0 Å². The Morgan fingerprint density at radius 3 is 2.24 bits per heavy atom. The number of hydrogen-bond donors (Lipinski definition) is 1. The van der Waals surface area contributed by atoms with Crippen LogP contribution >= 0.6 is 0 Å². The van der Waals surface area contributed by atoms with Crippen LogP contribution in [0.2, 0.25) is 0 Å². The first-order chi connectivity index (χ1) is 10.3. The quantitative estimate of drug-likeness (QED) is 0.758. The smallest absolute Gasteiger partial charge is 0.370 e. The normalized spacial score (nSPS) is 12.0. The predicted molar refractivity (Wildman–Crippen MR) is 87.6 cm³/mol. The number of fused-ring (bicyclic) bond motifs is 1. The molecule has 2 N–H and O–H groups in total. The fourth-order valence-corrected chi connectivity index (χ4v) is 5.15. The van der Waals surface area contributed by atoms with Crippen LogP contribution in [0, 0.1) is 0 Å². The van der Waals surface area contributed by atoms with Gasteiger partial charge < -0.3 is 19.0 Å². The number of hydrogen-bond acceptors (Lipinski definition) is 4. The Morgan fingerprint density at radius 1 is 0.905 bits per heavy atom. The van der Waals surface area contributed by atoms with E-state index >= 15 is 0 Å². The first-order valence-electron chi connectivity index (χ1n) is 7.37. The minimum atomic E-state index is -2.94. The second-order valence-corrected chi connectivity index (χ2v) is 7.10. The van der Waals surface area contributed by atoms with E-state index in [2.05, 4.69) is 18.2 Å². The monoisotopic (exact) mass is 305 g/mol. The molecule has 2 aromatic rings. The molecule has 0 fully saturated rings. The zero-order chi connectivity index (χ0) is 15.1. The van der Waals surface area contributed by atoms with E-state index < -0.39 is 8.80 Å². The Morgan fingerprint density at radius 2 is 1.57 bits per heavy atom. The molecule has 114 valence electrons.